The van der Waals surface area contributed by atoms with Crippen LogP contribution in [0.4, 0.5) is 5.82 Å². The highest BCUT2D eigenvalue weighted by molar-refractivity contribution is 7.18. The van der Waals surface area contributed by atoms with Crippen LogP contribution in [0.1, 0.15) is 29.7 Å². The van der Waals surface area contributed by atoms with E-state index in [4.69, 9.17) is 10.8 Å². The zero-order valence-electron chi connectivity index (χ0n) is 10.4. The maximum absolute atomic E-state index is 9.05. The van der Waals surface area contributed by atoms with Gasteiger partial charge in [-0.15, -0.1) is 11.3 Å². The van der Waals surface area contributed by atoms with Crippen LogP contribution in [0, 0.1) is 0 Å². The summed E-state index contributed by atoms with van der Waals surface area (Å²) in [6.07, 6.45) is 7.84. The molecule has 0 saturated heterocycles. The number of nitrogen functional groups attached to an aromatic ring is 1. The average Bonchev–Trinajstić information content (AvgIpc) is 2.56. The topological polar surface area (TPSA) is 63.0 Å². The van der Waals surface area contributed by atoms with Gasteiger partial charge in [0.15, 0.2) is 0 Å². The van der Waals surface area contributed by atoms with Gasteiger partial charge in [0.2, 0.25) is 17.0 Å². The lowest BCUT2D eigenvalue weighted by Crippen LogP contribution is -2.39. The van der Waals surface area contributed by atoms with Crippen LogP contribution in [0.25, 0.3) is 10.2 Å². The largest absolute Gasteiger partial charge is 0.393 e. The lowest BCUT2D eigenvalue weighted by molar-refractivity contribution is -0.685. The highest BCUT2D eigenvalue weighted by atomic mass is 32.1. The van der Waals surface area contributed by atoms with E-state index in [0.29, 0.717) is 6.54 Å². The molecular formula is C13H18N3OS+. The Morgan fingerprint density at radius 2 is 2.17 bits per heavy atom. The Kier molecular flexibility index (Phi) is 3.18. The summed E-state index contributed by atoms with van der Waals surface area (Å²) in [5, 5.41) is 10.2. The summed E-state index contributed by atoms with van der Waals surface area (Å²) in [4.78, 5) is 7.00. The van der Waals surface area contributed by atoms with Crippen molar-refractivity contribution in [2.45, 2.75) is 38.6 Å². The number of aliphatic hydroxyl groups is 1. The number of anilines is 1. The van der Waals surface area contributed by atoms with Gasteiger partial charge in [-0.2, -0.15) is 0 Å². The second-order valence-corrected chi connectivity index (χ2v) is 5.88. The van der Waals surface area contributed by atoms with Crippen molar-refractivity contribution < 1.29 is 9.67 Å². The summed E-state index contributed by atoms with van der Waals surface area (Å²) < 4.78 is 1.85. The molecule has 0 radical (unpaired) electrons. The number of aliphatic hydroxyl groups excluding tert-OH is 1. The maximum atomic E-state index is 9.05. The minimum atomic E-state index is 0.0916. The van der Waals surface area contributed by atoms with Gasteiger partial charge in [0.1, 0.15) is 5.39 Å². The van der Waals surface area contributed by atoms with Crippen molar-refractivity contribution in [3.63, 3.8) is 0 Å². The number of nitrogens with zero attached hydrogens (tertiary/aromatic N) is 2. The van der Waals surface area contributed by atoms with Crippen molar-refractivity contribution in [2.75, 3.05) is 12.3 Å². The Morgan fingerprint density at radius 1 is 1.33 bits per heavy atom. The summed E-state index contributed by atoms with van der Waals surface area (Å²) in [6, 6.07) is 0. The van der Waals surface area contributed by atoms with Gasteiger partial charge >= 0.3 is 0 Å². The first-order valence-electron chi connectivity index (χ1n) is 6.50. The van der Waals surface area contributed by atoms with Gasteiger partial charge in [-0.1, -0.05) is 11.4 Å². The number of thiophene rings is 1. The van der Waals surface area contributed by atoms with Crippen molar-refractivity contribution in [1.29, 1.82) is 0 Å². The first-order chi connectivity index (χ1) is 8.81. The monoisotopic (exact) mass is 264 g/mol. The van der Waals surface area contributed by atoms with Crippen molar-refractivity contribution in [2.24, 2.45) is 0 Å². The zero-order chi connectivity index (χ0) is 12.5. The number of hydrogen-bond acceptors (Lipinski definition) is 4. The van der Waals surface area contributed by atoms with Gasteiger partial charge in [0.25, 0.3) is 0 Å². The number of fused-ring (bicyclic) bond motifs is 3. The first-order valence-corrected chi connectivity index (χ1v) is 7.32. The van der Waals surface area contributed by atoms with Crippen LogP contribution in [-0.2, 0) is 19.4 Å². The second-order valence-electron chi connectivity index (χ2n) is 4.79. The molecule has 1 aliphatic rings. The summed E-state index contributed by atoms with van der Waals surface area (Å²) in [7, 11) is 0. The molecule has 18 heavy (non-hydrogen) atoms. The molecule has 0 spiro atoms. The molecule has 2 aromatic rings. The van der Waals surface area contributed by atoms with Gasteiger partial charge in [-0.3, -0.25) is 0 Å². The Bertz CT molecular complexity index is 579. The zero-order valence-corrected chi connectivity index (χ0v) is 11.2. The average molecular weight is 264 g/mol. The van der Waals surface area contributed by atoms with Gasteiger partial charge in [0, 0.05) is 4.88 Å². The molecule has 0 aliphatic heterocycles. The number of aromatic nitrogens is 2. The van der Waals surface area contributed by atoms with Crippen LogP contribution < -0.4 is 10.3 Å². The molecule has 0 unspecified atom stereocenters. The summed E-state index contributed by atoms with van der Waals surface area (Å²) in [6.45, 7) is 0.605. The molecule has 0 bridgehead atoms. The van der Waals surface area contributed by atoms with Crippen LogP contribution in [0.15, 0.2) is 6.33 Å². The predicted octanol–water partition coefficient (Wildman–Crippen LogP) is 1.43. The molecule has 0 fully saturated rings. The molecule has 2 aromatic heterocycles. The normalized spacial score (nSPS) is 15.6. The van der Waals surface area contributed by atoms with Crippen LogP contribution in [-0.4, -0.2) is 16.7 Å². The number of rotatable bonds is 2. The van der Waals surface area contributed by atoms with Crippen molar-refractivity contribution in [3.05, 3.63) is 16.8 Å². The fourth-order valence-corrected chi connectivity index (χ4v) is 3.93. The molecule has 0 atom stereocenters. The molecule has 96 valence electrons. The van der Waals surface area contributed by atoms with E-state index >= 15 is 0 Å². The summed E-state index contributed by atoms with van der Waals surface area (Å²) in [5.41, 5.74) is 7.65. The molecule has 3 rings (SSSR count). The van der Waals surface area contributed by atoms with E-state index in [2.05, 4.69) is 4.98 Å². The third-order valence-electron chi connectivity index (χ3n) is 3.62. The van der Waals surface area contributed by atoms with Crippen molar-refractivity contribution in [1.82, 2.24) is 4.98 Å². The molecule has 2 heterocycles. The Balaban J connectivity index is 2.19. The number of hydrogen-bond donors (Lipinski definition) is 2. The van der Waals surface area contributed by atoms with Crippen molar-refractivity contribution in [3.8, 4) is 0 Å². The van der Waals surface area contributed by atoms with Gasteiger partial charge < -0.3 is 10.8 Å². The minimum Gasteiger partial charge on any atom is -0.393 e. The van der Waals surface area contributed by atoms with E-state index in [9.17, 15) is 0 Å². The van der Waals surface area contributed by atoms with E-state index in [1.807, 2.05) is 4.57 Å². The molecule has 0 saturated carbocycles. The first kappa shape index (κ1) is 11.9. The van der Waals surface area contributed by atoms with E-state index < -0.39 is 0 Å². The molecule has 0 amide bonds. The number of nitrogens with two attached hydrogens (primary N) is 1. The van der Waals surface area contributed by atoms with Crippen LogP contribution in [0.3, 0.4) is 0 Å². The van der Waals surface area contributed by atoms with E-state index in [0.717, 1.165) is 28.9 Å². The molecular weight excluding hydrogens is 246 g/mol. The standard InChI is InChI=1S/C13H17N3OS/c14-12-11-9-4-2-1-3-5-10(9)18-13(11)15-8-16(12)6-7-17/h8,14,17H,1-7H2/p+1. The van der Waals surface area contributed by atoms with E-state index in [1.165, 1.54) is 29.7 Å². The summed E-state index contributed by atoms with van der Waals surface area (Å²) in [5.74, 6) is 0.758. The molecule has 1 aliphatic carbocycles. The van der Waals surface area contributed by atoms with Gasteiger partial charge in [0.05, 0.1) is 13.2 Å². The van der Waals surface area contributed by atoms with E-state index in [1.54, 1.807) is 17.7 Å². The second kappa shape index (κ2) is 4.82. The lowest BCUT2D eigenvalue weighted by Gasteiger charge is -2.03. The SMILES string of the molecule is Nc1c2c3c(sc2nc[n+]1CCO)CCCCC3. The van der Waals surface area contributed by atoms with Gasteiger partial charge in [-0.05, 0) is 31.2 Å². The van der Waals surface area contributed by atoms with Crippen LogP contribution in [0.2, 0.25) is 0 Å². The summed E-state index contributed by atoms with van der Waals surface area (Å²) >= 11 is 1.79. The Morgan fingerprint density at radius 3 is 3.00 bits per heavy atom. The highest BCUT2D eigenvalue weighted by Crippen LogP contribution is 2.36. The fourth-order valence-electron chi connectivity index (χ4n) is 2.70. The van der Waals surface area contributed by atoms with Crippen molar-refractivity contribution >= 4 is 27.4 Å². The molecule has 4 nitrogen and oxygen atoms in total. The van der Waals surface area contributed by atoms with Crippen LogP contribution in [0.5, 0.6) is 0 Å². The maximum Gasteiger partial charge on any atom is 0.231 e. The Hall–Kier alpha value is -1.20. The molecule has 5 heteroatoms. The third-order valence-corrected chi connectivity index (χ3v) is 4.82. The third kappa shape index (κ3) is 1.87. The van der Waals surface area contributed by atoms with E-state index in [-0.39, 0.29) is 6.61 Å². The highest BCUT2D eigenvalue weighted by Gasteiger charge is 2.22. The minimum absolute atomic E-state index is 0.0916. The van der Waals surface area contributed by atoms with Crippen LogP contribution >= 0.6 is 11.3 Å². The lowest BCUT2D eigenvalue weighted by atomic mass is 10.1. The fraction of sp³-hybridized carbons (Fsp3) is 0.538. The van der Waals surface area contributed by atoms with Gasteiger partial charge in [-0.25, -0.2) is 4.57 Å². The Labute approximate surface area is 110 Å². The molecule has 3 N–H and O–H groups in total. The molecule has 0 aromatic carbocycles. The predicted molar refractivity (Wildman–Crippen MR) is 72.6 cm³/mol. The smallest absolute Gasteiger partial charge is 0.231 e. The number of aryl methyl sites for hydroxylation is 2. The quantitative estimate of drug-likeness (QED) is 0.637.